The van der Waals surface area contributed by atoms with E-state index in [9.17, 15) is 0 Å². The second-order valence-corrected chi connectivity index (χ2v) is 4.58. The van der Waals surface area contributed by atoms with Gasteiger partial charge >= 0.3 is 0 Å². The van der Waals surface area contributed by atoms with Gasteiger partial charge in [-0.25, -0.2) is 0 Å². The summed E-state index contributed by atoms with van der Waals surface area (Å²) in [6, 6.07) is 7.81. The molecule has 0 spiro atoms. The Labute approximate surface area is 115 Å². The molecule has 0 aliphatic heterocycles. The monoisotopic (exact) mass is 354 g/mol. The largest absolute Gasteiger partial charge is 0.379 e. The number of ether oxygens (including phenoxy) is 2. The number of benzene rings is 1. The first kappa shape index (κ1) is 14.2. The predicted octanol–water partition coefficient (Wildman–Crippen LogP) is 3.87. The average molecular weight is 355 g/mol. The van der Waals surface area contributed by atoms with Crippen LogP contribution in [0.3, 0.4) is 0 Å². The molecule has 0 heterocycles. The molecule has 0 saturated carbocycles. The molecule has 16 heavy (non-hydrogen) atoms. The average Bonchev–Trinajstić information content (AvgIpc) is 2.29. The Balaban J connectivity index is 2.47. The topological polar surface area (TPSA) is 18.5 Å². The van der Waals surface area contributed by atoms with Gasteiger partial charge in [0.25, 0.3) is 0 Å². The zero-order chi connectivity index (χ0) is 11.8. The van der Waals surface area contributed by atoms with Gasteiger partial charge in [0.1, 0.15) is 0 Å². The minimum Gasteiger partial charge on any atom is -0.379 e. The van der Waals surface area contributed by atoms with Crippen LogP contribution in [0.15, 0.2) is 24.3 Å². The van der Waals surface area contributed by atoms with Crippen molar-refractivity contribution in [3.63, 3.8) is 0 Å². The summed E-state index contributed by atoms with van der Waals surface area (Å²) in [7, 11) is 0. The molecule has 0 fully saturated rings. The van der Waals surface area contributed by atoms with Crippen LogP contribution >= 0.6 is 34.2 Å². The van der Waals surface area contributed by atoms with Crippen molar-refractivity contribution in [2.45, 2.75) is 13.0 Å². The summed E-state index contributed by atoms with van der Waals surface area (Å²) in [4.78, 5) is 0. The van der Waals surface area contributed by atoms with Crippen LogP contribution in [0, 0.1) is 0 Å². The molecule has 0 bridgehead atoms. The molecule has 0 radical (unpaired) electrons. The molecular formula is C12H16ClIO2. The lowest BCUT2D eigenvalue weighted by atomic mass is 10.1. The fourth-order valence-corrected chi connectivity index (χ4v) is 2.29. The smallest absolute Gasteiger partial charge is 0.0915 e. The molecule has 1 atom stereocenters. The van der Waals surface area contributed by atoms with Gasteiger partial charge in [0.05, 0.1) is 19.3 Å². The number of halogens is 2. The second kappa shape index (κ2) is 8.28. The highest BCUT2D eigenvalue weighted by Gasteiger charge is 2.10. The molecule has 90 valence electrons. The molecule has 0 N–H and O–H groups in total. The van der Waals surface area contributed by atoms with Crippen LogP contribution in [0.1, 0.15) is 18.6 Å². The van der Waals surface area contributed by atoms with Gasteiger partial charge in [0.15, 0.2) is 0 Å². The second-order valence-electron chi connectivity index (χ2n) is 3.27. The maximum Gasteiger partial charge on any atom is 0.0915 e. The molecule has 0 aromatic heterocycles. The molecule has 0 aliphatic rings. The highest BCUT2D eigenvalue weighted by molar-refractivity contribution is 14.1. The third-order valence-corrected chi connectivity index (χ3v) is 3.15. The van der Waals surface area contributed by atoms with Crippen molar-refractivity contribution in [1.29, 1.82) is 0 Å². The maximum absolute atomic E-state index is 5.95. The standard InChI is InChI=1S/C12H16ClIO2/c1-2-15-6-7-16-12(9-14)10-4-3-5-11(13)8-10/h3-5,8,12H,2,6-7,9H2,1H3. The normalized spacial score (nSPS) is 12.7. The summed E-state index contributed by atoms with van der Waals surface area (Å²) in [5.41, 5.74) is 1.12. The van der Waals surface area contributed by atoms with E-state index in [0.29, 0.717) is 13.2 Å². The minimum absolute atomic E-state index is 0.0970. The van der Waals surface area contributed by atoms with E-state index in [4.69, 9.17) is 21.1 Å². The summed E-state index contributed by atoms with van der Waals surface area (Å²) in [5, 5.41) is 0.751. The van der Waals surface area contributed by atoms with Crippen molar-refractivity contribution < 1.29 is 9.47 Å². The zero-order valence-corrected chi connectivity index (χ0v) is 12.2. The van der Waals surface area contributed by atoms with Crippen LogP contribution in [0.25, 0.3) is 0 Å². The highest BCUT2D eigenvalue weighted by atomic mass is 127. The van der Waals surface area contributed by atoms with Gasteiger partial charge in [0.2, 0.25) is 0 Å². The molecule has 0 saturated heterocycles. The van der Waals surface area contributed by atoms with Crippen molar-refractivity contribution in [2.24, 2.45) is 0 Å². The summed E-state index contributed by atoms with van der Waals surface area (Å²) in [6.07, 6.45) is 0.0970. The van der Waals surface area contributed by atoms with E-state index in [1.54, 1.807) is 0 Å². The lowest BCUT2D eigenvalue weighted by Crippen LogP contribution is -2.11. The van der Waals surface area contributed by atoms with Crippen LogP contribution in [0.2, 0.25) is 5.02 Å². The number of alkyl halides is 1. The van der Waals surface area contributed by atoms with Crippen LogP contribution < -0.4 is 0 Å². The predicted molar refractivity (Wildman–Crippen MR) is 75.5 cm³/mol. The molecule has 1 aromatic carbocycles. The van der Waals surface area contributed by atoms with E-state index < -0.39 is 0 Å². The Kier molecular flexibility index (Phi) is 7.36. The number of hydrogen-bond donors (Lipinski definition) is 0. The van der Waals surface area contributed by atoms with E-state index in [1.165, 1.54) is 0 Å². The van der Waals surface area contributed by atoms with Gasteiger partial charge in [-0.3, -0.25) is 0 Å². The number of rotatable bonds is 7. The van der Waals surface area contributed by atoms with E-state index in [1.807, 2.05) is 31.2 Å². The van der Waals surface area contributed by atoms with Gasteiger partial charge in [-0.15, -0.1) is 0 Å². The van der Waals surface area contributed by atoms with Gasteiger partial charge in [-0.2, -0.15) is 0 Å². The first-order valence-corrected chi connectivity index (χ1v) is 7.19. The summed E-state index contributed by atoms with van der Waals surface area (Å²) in [5.74, 6) is 0. The van der Waals surface area contributed by atoms with Gasteiger partial charge in [-0.05, 0) is 24.6 Å². The molecule has 1 unspecified atom stereocenters. The first-order valence-electron chi connectivity index (χ1n) is 5.28. The molecular weight excluding hydrogens is 338 g/mol. The third-order valence-electron chi connectivity index (χ3n) is 2.11. The fraction of sp³-hybridized carbons (Fsp3) is 0.500. The van der Waals surface area contributed by atoms with Crippen molar-refractivity contribution >= 4 is 34.2 Å². The van der Waals surface area contributed by atoms with Crippen LogP contribution in [0.5, 0.6) is 0 Å². The van der Waals surface area contributed by atoms with E-state index >= 15 is 0 Å². The van der Waals surface area contributed by atoms with Crippen LogP contribution in [-0.2, 0) is 9.47 Å². The third kappa shape index (κ3) is 4.99. The Morgan fingerprint density at radius 1 is 1.38 bits per heavy atom. The molecule has 0 amide bonds. The van der Waals surface area contributed by atoms with Gasteiger partial charge < -0.3 is 9.47 Å². The van der Waals surface area contributed by atoms with Gasteiger partial charge in [-0.1, -0.05) is 46.3 Å². The molecule has 1 rings (SSSR count). The minimum atomic E-state index is 0.0970. The summed E-state index contributed by atoms with van der Waals surface area (Å²) in [6.45, 7) is 3.97. The maximum atomic E-state index is 5.95. The Morgan fingerprint density at radius 3 is 2.81 bits per heavy atom. The quantitative estimate of drug-likeness (QED) is 0.420. The number of hydrogen-bond acceptors (Lipinski definition) is 2. The highest BCUT2D eigenvalue weighted by Crippen LogP contribution is 2.22. The lowest BCUT2D eigenvalue weighted by molar-refractivity contribution is 0.0178. The van der Waals surface area contributed by atoms with Crippen LogP contribution in [-0.4, -0.2) is 24.2 Å². The first-order chi connectivity index (χ1) is 7.77. The molecule has 0 aliphatic carbocycles. The Bertz CT molecular complexity index is 307. The van der Waals surface area contributed by atoms with E-state index in [2.05, 4.69) is 22.6 Å². The molecule has 1 aromatic rings. The van der Waals surface area contributed by atoms with Gasteiger partial charge in [0, 0.05) is 16.1 Å². The lowest BCUT2D eigenvalue weighted by Gasteiger charge is -2.16. The van der Waals surface area contributed by atoms with Crippen molar-refractivity contribution in [1.82, 2.24) is 0 Å². The SMILES string of the molecule is CCOCCOC(CI)c1cccc(Cl)c1. The molecule has 2 nitrogen and oxygen atoms in total. The van der Waals surface area contributed by atoms with Crippen molar-refractivity contribution in [3.05, 3.63) is 34.9 Å². The Morgan fingerprint density at radius 2 is 2.19 bits per heavy atom. The Hall–Kier alpha value is 0.160. The van der Waals surface area contributed by atoms with Crippen LogP contribution in [0.4, 0.5) is 0 Å². The van der Waals surface area contributed by atoms with Crippen molar-refractivity contribution in [2.75, 3.05) is 24.2 Å². The zero-order valence-electron chi connectivity index (χ0n) is 9.29. The fourth-order valence-electron chi connectivity index (χ4n) is 1.33. The van der Waals surface area contributed by atoms with E-state index in [-0.39, 0.29) is 6.10 Å². The van der Waals surface area contributed by atoms with E-state index in [0.717, 1.165) is 21.6 Å². The van der Waals surface area contributed by atoms with Crippen molar-refractivity contribution in [3.8, 4) is 0 Å². The molecule has 4 heteroatoms. The summed E-state index contributed by atoms with van der Waals surface area (Å²) < 4.78 is 11.9. The summed E-state index contributed by atoms with van der Waals surface area (Å²) >= 11 is 8.26.